The first-order valence-electron chi connectivity index (χ1n) is 11.8. The lowest BCUT2D eigenvalue weighted by atomic mass is 9.91. The fraction of sp³-hybridized carbons (Fsp3) is 0.379. The predicted octanol–water partition coefficient (Wildman–Crippen LogP) is 6.11. The molecule has 0 radical (unpaired) electrons. The number of hydrogen-bond acceptors (Lipinski definition) is 6. The van der Waals surface area contributed by atoms with Crippen molar-refractivity contribution < 1.29 is 28.9 Å². The van der Waals surface area contributed by atoms with Gasteiger partial charge in [-0.1, -0.05) is 29.4 Å². The van der Waals surface area contributed by atoms with E-state index >= 15 is 0 Å². The van der Waals surface area contributed by atoms with E-state index in [-0.39, 0.29) is 5.97 Å². The van der Waals surface area contributed by atoms with Crippen molar-refractivity contribution in [1.29, 1.82) is 0 Å². The molecule has 3 rings (SSSR count). The average molecular weight is 479 g/mol. The number of rotatable bonds is 7. The molecule has 1 N–H and O–H groups in total. The molecule has 0 aliphatic carbocycles. The van der Waals surface area contributed by atoms with E-state index in [4.69, 9.17) is 14.2 Å². The van der Waals surface area contributed by atoms with Crippen LogP contribution in [0.15, 0.2) is 53.6 Å². The summed E-state index contributed by atoms with van der Waals surface area (Å²) >= 11 is 0. The van der Waals surface area contributed by atoms with Crippen LogP contribution in [0.4, 0.5) is 0 Å². The molecule has 6 nitrogen and oxygen atoms in total. The van der Waals surface area contributed by atoms with Crippen LogP contribution in [0.2, 0.25) is 0 Å². The van der Waals surface area contributed by atoms with Crippen molar-refractivity contribution >= 4 is 11.9 Å². The molecule has 0 amide bonds. The van der Waals surface area contributed by atoms with Gasteiger partial charge in [-0.25, -0.2) is 0 Å². The second-order valence-electron chi connectivity index (χ2n) is 9.34. The molecule has 1 heterocycles. The number of hydrogen-bond donors (Lipinski definition) is 1. The fourth-order valence-corrected chi connectivity index (χ4v) is 4.03. The van der Waals surface area contributed by atoms with Crippen LogP contribution in [0.5, 0.6) is 17.2 Å². The number of fused-ring (bicyclic) bond motifs is 1. The van der Waals surface area contributed by atoms with Crippen molar-refractivity contribution in [2.45, 2.75) is 73.0 Å². The molecule has 2 atom stereocenters. The molecule has 2 aromatic carbocycles. The Labute approximate surface area is 207 Å². The summed E-state index contributed by atoms with van der Waals surface area (Å²) in [6, 6.07) is 9.07. The fourth-order valence-electron chi connectivity index (χ4n) is 4.03. The number of benzene rings is 2. The van der Waals surface area contributed by atoms with Gasteiger partial charge in [0, 0.05) is 31.4 Å². The topological polar surface area (TPSA) is 82.1 Å². The van der Waals surface area contributed by atoms with E-state index in [0.717, 1.165) is 27.8 Å². The van der Waals surface area contributed by atoms with Gasteiger partial charge in [0.05, 0.1) is 6.10 Å². The quantitative estimate of drug-likeness (QED) is 0.294. The van der Waals surface area contributed by atoms with Gasteiger partial charge < -0.3 is 19.3 Å². The predicted molar refractivity (Wildman–Crippen MR) is 135 cm³/mol. The maximum atomic E-state index is 11.7. The largest absolute Gasteiger partial charge is 0.485 e. The number of allylic oxidation sites excluding steroid dienone is 4. The Kier molecular flexibility index (Phi) is 8.52. The lowest BCUT2D eigenvalue weighted by Gasteiger charge is -2.32. The van der Waals surface area contributed by atoms with Crippen LogP contribution in [-0.4, -0.2) is 17.0 Å². The first-order valence-corrected chi connectivity index (χ1v) is 11.8. The molecule has 35 heavy (non-hydrogen) atoms. The van der Waals surface area contributed by atoms with Gasteiger partial charge in [-0.15, -0.1) is 0 Å². The van der Waals surface area contributed by atoms with E-state index in [9.17, 15) is 14.7 Å². The monoisotopic (exact) mass is 478 g/mol. The molecule has 186 valence electrons. The number of carbonyl (C=O) groups is 2. The number of esters is 2. The average Bonchev–Trinajstić information content (AvgIpc) is 2.76. The molecular formula is C29H34O6. The maximum absolute atomic E-state index is 11.7. The number of carbonyl (C=O) groups excluding carboxylic acids is 2. The number of aliphatic hydroxyl groups is 1. The molecule has 0 spiro atoms. The van der Waals surface area contributed by atoms with Gasteiger partial charge in [-0.2, -0.15) is 0 Å². The Morgan fingerprint density at radius 2 is 1.51 bits per heavy atom. The minimum atomic E-state index is -0.741. The first kappa shape index (κ1) is 26.2. The zero-order chi connectivity index (χ0) is 25.7. The molecular weight excluding hydrogens is 444 g/mol. The molecule has 0 bridgehead atoms. The third kappa shape index (κ3) is 6.83. The van der Waals surface area contributed by atoms with E-state index in [1.807, 2.05) is 45.9 Å². The molecule has 0 saturated heterocycles. The zero-order valence-electron chi connectivity index (χ0n) is 21.3. The van der Waals surface area contributed by atoms with Crippen molar-refractivity contribution in [3.8, 4) is 17.2 Å². The van der Waals surface area contributed by atoms with Gasteiger partial charge in [0.25, 0.3) is 0 Å². The highest BCUT2D eigenvalue weighted by Gasteiger charge is 2.31. The highest BCUT2D eigenvalue weighted by molar-refractivity contribution is 5.71. The van der Waals surface area contributed by atoms with E-state index < -0.39 is 18.2 Å². The van der Waals surface area contributed by atoms with E-state index in [0.29, 0.717) is 42.1 Å². The SMILES string of the molecule is CC(=O)Oc1ccc([C@H]2C[C@@H](O)c3ccc(OC(C)=O)c(CC=C(C)C)c3O2)cc1CC=C(C)C. The molecule has 0 saturated carbocycles. The smallest absolute Gasteiger partial charge is 0.308 e. The summed E-state index contributed by atoms with van der Waals surface area (Å²) < 4.78 is 17.3. The van der Waals surface area contributed by atoms with Crippen molar-refractivity contribution in [2.75, 3.05) is 0 Å². The van der Waals surface area contributed by atoms with Crippen LogP contribution in [-0.2, 0) is 22.4 Å². The minimum Gasteiger partial charge on any atom is -0.485 e. The van der Waals surface area contributed by atoms with Crippen LogP contribution in [0, 0.1) is 0 Å². The van der Waals surface area contributed by atoms with E-state index in [1.54, 1.807) is 18.2 Å². The lowest BCUT2D eigenvalue weighted by molar-refractivity contribution is -0.132. The summed E-state index contributed by atoms with van der Waals surface area (Å²) in [5, 5.41) is 11.0. The molecule has 0 fully saturated rings. The summed E-state index contributed by atoms with van der Waals surface area (Å²) in [6.07, 6.45) is 4.42. The third-order valence-corrected chi connectivity index (χ3v) is 5.71. The molecule has 1 aliphatic heterocycles. The van der Waals surface area contributed by atoms with Crippen LogP contribution in [0.3, 0.4) is 0 Å². The summed E-state index contributed by atoms with van der Waals surface area (Å²) in [4.78, 5) is 23.3. The minimum absolute atomic E-state index is 0.372. The van der Waals surface area contributed by atoms with Crippen molar-refractivity contribution in [3.63, 3.8) is 0 Å². The van der Waals surface area contributed by atoms with Crippen LogP contribution in [0.1, 0.15) is 82.4 Å². The van der Waals surface area contributed by atoms with Crippen molar-refractivity contribution in [1.82, 2.24) is 0 Å². The Morgan fingerprint density at radius 3 is 2.14 bits per heavy atom. The van der Waals surface area contributed by atoms with Gasteiger partial charge in [-0.3, -0.25) is 9.59 Å². The normalized spacial score (nSPS) is 16.4. The zero-order valence-corrected chi connectivity index (χ0v) is 21.3. The van der Waals surface area contributed by atoms with Gasteiger partial charge in [0.1, 0.15) is 23.4 Å². The van der Waals surface area contributed by atoms with Crippen LogP contribution < -0.4 is 14.2 Å². The molecule has 2 aromatic rings. The van der Waals surface area contributed by atoms with Gasteiger partial charge in [-0.05, 0) is 75.9 Å². The van der Waals surface area contributed by atoms with Crippen LogP contribution in [0.25, 0.3) is 0 Å². The summed E-state index contributed by atoms with van der Waals surface area (Å²) in [7, 11) is 0. The van der Waals surface area contributed by atoms with Crippen molar-refractivity contribution in [3.05, 3.63) is 75.9 Å². The highest BCUT2D eigenvalue weighted by Crippen LogP contribution is 2.46. The molecule has 0 unspecified atom stereocenters. The number of aliphatic hydroxyl groups excluding tert-OH is 1. The molecule has 6 heteroatoms. The second-order valence-corrected chi connectivity index (χ2v) is 9.34. The molecule has 0 aromatic heterocycles. The molecule has 1 aliphatic rings. The Balaban J connectivity index is 2.04. The summed E-state index contributed by atoms with van der Waals surface area (Å²) in [5.74, 6) is 0.686. The summed E-state index contributed by atoms with van der Waals surface area (Å²) in [5.41, 5.74) is 5.41. The highest BCUT2D eigenvalue weighted by atomic mass is 16.5. The third-order valence-electron chi connectivity index (χ3n) is 5.71. The maximum Gasteiger partial charge on any atom is 0.308 e. The Morgan fingerprint density at radius 1 is 0.914 bits per heavy atom. The van der Waals surface area contributed by atoms with Gasteiger partial charge in [0.15, 0.2) is 0 Å². The van der Waals surface area contributed by atoms with E-state index in [2.05, 4.69) is 6.08 Å². The summed E-state index contributed by atoms with van der Waals surface area (Å²) in [6.45, 7) is 10.8. The van der Waals surface area contributed by atoms with Gasteiger partial charge >= 0.3 is 11.9 Å². The second kappa shape index (κ2) is 11.4. The van der Waals surface area contributed by atoms with Gasteiger partial charge in [0.2, 0.25) is 0 Å². The van der Waals surface area contributed by atoms with Crippen LogP contribution >= 0.6 is 0 Å². The lowest BCUT2D eigenvalue weighted by Crippen LogP contribution is -2.21. The standard InChI is InChI=1S/C29H34O6/c1-17(2)7-9-21-15-22(10-13-26(21)33-19(5)30)28-16-25(32)23-12-14-27(34-20(6)31)24(29(23)35-28)11-8-18(3)4/h7-8,10,12-15,25,28,32H,9,11,16H2,1-6H3/t25-,28-/m1/s1. The Bertz CT molecular complexity index is 1170. The Hall–Kier alpha value is -3.38. The first-order chi connectivity index (χ1) is 16.5. The number of ether oxygens (including phenoxy) is 3. The van der Waals surface area contributed by atoms with E-state index in [1.165, 1.54) is 13.8 Å². The van der Waals surface area contributed by atoms with Crippen molar-refractivity contribution in [2.24, 2.45) is 0 Å².